The van der Waals surface area contributed by atoms with Gasteiger partial charge in [-0.25, -0.2) is 19.8 Å². The number of hydrogen-bond donors (Lipinski definition) is 5. The van der Waals surface area contributed by atoms with Crippen molar-refractivity contribution < 1.29 is 9.25 Å². The van der Waals surface area contributed by atoms with Gasteiger partial charge >= 0.3 is 0 Å². The molecule has 18 heteroatoms. The second-order valence-corrected chi connectivity index (χ2v) is 9.66. The number of tetrazole rings is 1. The Hall–Kier alpha value is -5.49. The second kappa shape index (κ2) is 8.25. The Morgan fingerprint density at radius 3 is 2.55 bits per heavy atom. The van der Waals surface area contributed by atoms with E-state index < -0.39 is 16.6 Å². The van der Waals surface area contributed by atoms with Crippen LogP contribution >= 0.6 is 11.3 Å². The first kappa shape index (κ1) is 22.5. The fourth-order valence-electron chi connectivity index (χ4n) is 5.84. The average Bonchev–Trinajstić information content (AvgIpc) is 3.85. The van der Waals surface area contributed by atoms with Crippen LogP contribution in [0.5, 0.6) is 0 Å². The van der Waals surface area contributed by atoms with E-state index in [0.29, 0.717) is 27.9 Å². The lowest BCUT2D eigenvalue weighted by molar-refractivity contribution is -0.0159. The van der Waals surface area contributed by atoms with Gasteiger partial charge in [0.05, 0.1) is 23.8 Å². The molecule has 0 bridgehead atoms. The predicted molar refractivity (Wildman–Crippen MR) is 133 cm³/mol. The summed E-state index contributed by atoms with van der Waals surface area (Å²) in [7, 11) is 0. The number of hydroxylamine groups is 1. The van der Waals surface area contributed by atoms with Crippen LogP contribution in [-0.2, 0) is 21.4 Å². The van der Waals surface area contributed by atoms with Crippen LogP contribution in [0, 0.1) is 0 Å². The lowest BCUT2D eigenvalue weighted by atomic mass is 9.55. The molecule has 0 spiro atoms. The predicted octanol–water partition coefficient (Wildman–Crippen LogP) is 1.16. The minimum atomic E-state index is -1.66. The molecule has 1 saturated heterocycles. The summed E-state index contributed by atoms with van der Waals surface area (Å²) < 4.78 is 6.15. The van der Waals surface area contributed by atoms with Gasteiger partial charge in [0.2, 0.25) is 17.0 Å². The second-order valence-electron chi connectivity index (χ2n) is 8.76. The standard InChI is InChI=1S/C22H17N15O2S/c1-2-14(23-4-1)22(18-27-9-11-40-18)20(13-3-5-28-30-13,16-24-6-7-25-16)21(15-12-29-34-31-15,17-26-8-10-38-17)37(39-22)19-32-35-36-33-19/h1-12,23H,(H,24,25)(H,28,30)(H,29,31,34)(H,32,33,35,36). The molecule has 40 heavy (non-hydrogen) atoms. The Kier molecular flexibility index (Phi) is 4.64. The number of nitrogens with zero attached hydrogens (tertiary/aromatic N) is 10. The minimum absolute atomic E-state index is 0.0571. The molecule has 198 valence electrons. The van der Waals surface area contributed by atoms with Gasteiger partial charge in [-0.3, -0.25) is 5.10 Å². The molecule has 8 heterocycles. The first-order valence-electron chi connectivity index (χ1n) is 11.9. The summed E-state index contributed by atoms with van der Waals surface area (Å²) in [5.74, 6) is 0.664. The molecule has 1 aliphatic heterocycles. The summed E-state index contributed by atoms with van der Waals surface area (Å²) in [5.41, 5.74) is -3.17. The van der Waals surface area contributed by atoms with E-state index in [4.69, 9.17) is 19.2 Å². The van der Waals surface area contributed by atoms with Crippen molar-refractivity contribution in [2.75, 3.05) is 5.06 Å². The number of imidazole rings is 1. The first-order valence-corrected chi connectivity index (χ1v) is 12.7. The van der Waals surface area contributed by atoms with E-state index in [2.05, 4.69) is 61.2 Å². The third kappa shape index (κ3) is 2.55. The van der Waals surface area contributed by atoms with Crippen molar-refractivity contribution in [1.29, 1.82) is 0 Å². The number of anilines is 1. The molecular formula is C22H17N15O2S. The number of aromatic amines is 5. The van der Waals surface area contributed by atoms with Crippen LogP contribution in [0.2, 0.25) is 0 Å². The quantitative estimate of drug-likeness (QED) is 0.187. The van der Waals surface area contributed by atoms with Crippen molar-refractivity contribution in [1.82, 2.24) is 71.2 Å². The van der Waals surface area contributed by atoms with Gasteiger partial charge < -0.3 is 14.4 Å². The van der Waals surface area contributed by atoms with Crippen molar-refractivity contribution in [2.45, 2.75) is 16.6 Å². The van der Waals surface area contributed by atoms with Crippen LogP contribution in [-0.4, -0.2) is 71.2 Å². The minimum Gasteiger partial charge on any atom is -0.446 e. The molecule has 8 rings (SSSR count). The third-order valence-corrected chi connectivity index (χ3v) is 7.99. The summed E-state index contributed by atoms with van der Waals surface area (Å²) >= 11 is 1.39. The molecule has 1 fully saturated rings. The Morgan fingerprint density at radius 2 is 1.90 bits per heavy atom. The van der Waals surface area contributed by atoms with E-state index in [1.165, 1.54) is 28.9 Å². The van der Waals surface area contributed by atoms with Crippen molar-refractivity contribution in [3.05, 3.63) is 107 Å². The Labute approximate surface area is 226 Å². The molecule has 0 aromatic carbocycles. The van der Waals surface area contributed by atoms with Gasteiger partial charge in [0, 0.05) is 36.4 Å². The van der Waals surface area contributed by atoms with Gasteiger partial charge in [0.15, 0.2) is 5.41 Å². The van der Waals surface area contributed by atoms with Gasteiger partial charge in [0.1, 0.15) is 22.8 Å². The van der Waals surface area contributed by atoms with Gasteiger partial charge in [-0.15, -0.1) is 16.4 Å². The van der Waals surface area contributed by atoms with E-state index in [-0.39, 0.29) is 11.8 Å². The molecule has 3 atom stereocenters. The maximum atomic E-state index is 7.18. The summed E-state index contributed by atoms with van der Waals surface area (Å²) in [5, 5.41) is 37.9. The highest BCUT2D eigenvalue weighted by Crippen LogP contribution is 2.69. The normalized spacial score (nSPS) is 24.6. The zero-order chi connectivity index (χ0) is 26.6. The maximum absolute atomic E-state index is 7.18. The molecule has 0 aliphatic carbocycles. The van der Waals surface area contributed by atoms with Crippen LogP contribution in [0.3, 0.4) is 0 Å². The number of nitrogens with one attached hydrogen (secondary N) is 5. The summed E-state index contributed by atoms with van der Waals surface area (Å²) in [6.07, 6.45) is 13.1. The lowest BCUT2D eigenvalue weighted by Gasteiger charge is -2.45. The molecule has 17 nitrogen and oxygen atoms in total. The van der Waals surface area contributed by atoms with E-state index in [0.717, 1.165) is 0 Å². The lowest BCUT2D eigenvalue weighted by Crippen LogP contribution is -2.62. The van der Waals surface area contributed by atoms with Crippen molar-refractivity contribution in [3.63, 3.8) is 0 Å². The number of oxazole rings is 1. The molecule has 7 aromatic rings. The molecule has 5 N–H and O–H groups in total. The Balaban J connectivity index is 1.67. The van der Waals surface area contributed by atoms with Crippen LogP contribution in [0.4, 0.5) is 5.95 Å². The van der Waals surface area contributed by atoms with Gasteiger partial charge in [-0.05, 0) is 23.4 Å². The maximum Gasteiger partial charge on any atom is 0.290 e. The number of H-pyrrole nitrogens is 5. The van der Waals surface area contributed by atoms with Gasteiger partial charge in [-0.1, -0.05) is 5.10 Å². The molecule has 0 saturated carbocycles. The van der Waals surface area contributed by atoms with Crippen molar-refractivity contribution in [3.8, 4) is 0 Å². The van der Waals surface area contributed by atoms with Gasteiger partial charge in [-0.2, -0.15) is 30.8 Å². The molecule has 7 aromatic heterocycles. The zero-order valence-corrected chi connectivity index (χ0v) is 20.9. The topological polar surface area (TPSA) is 221 Å². The third-order valence-electron chi connectivity index (χ3n) is 7.12. The molecule has 0 radical (unpaired) electrons. The zero-order valence-electron chi connectivity index (χ0n) is 20.1. The summed E-state index contributed by atoms with van der Waals surface area (Å²) in [6.45, 7) is 0. The molecule has 0 amide bonds. The summed E-state index contributed by atoms with van der Waals surface area (Å²) in [6, 6.07) is 5.60. The van der Waals surface area contributed by atoms with Gasteiger partial charge in [0.25, 0.3) is 5.95 Å². The number of aromatic nitrogens is 14. The van der Waals surface area contributed by atoms with Crippen LogP contribution in [0.1, 0.15) is 33.8 Å². The number of rotatable bonds is 7. The van der Waals surface area contributed by atoms with Crippen molar-refractivity contribution >= 4 is 17.3 Å². The van der Waals surface area contributed by atoms with Crippen molar-refractivity contribution in [2.24, 2.45) is 0 Å². The first-order chi connectivity index (χ1) is 19.8. The molecule has 1 aliphatic rings. The SMILES string of the molecule is c1c[nH]c(C2(c3nccs3)ON(c3nn[nH]n3)C(c3cn[nH]n3)(c3ncco3)C2(c2ccn[nH]2)c2ncc[nH]2)c1. The van der Waals surface area contributed by atoms with Crippen LogP contribution < -0.4 is 5.06 Å². The van der Waals surface area contributed by atoms with E-state index in [1.54, 1.807) is 37.2 Å². The monoisotopic (exact) mass is 555 g/mol. The smallest absolute Gasteiger partial charge is 0.290 e. The van der Waals surface area contributed by atoms with E-state index >= 15 is 0 Å². The molecule has 3 unspecified atom stereocenters. The highest BCUT2D eigenvalue weighted by molar-refractivity contribution is 7.09. The highest BCUT2D eigenvalue weighted by atomic mass is 32.1. The number of hydrogen-bond acceptors (Lipinski definition) is 13. The fraction of sp³-hybridized carbons (Fsp3) is 0.136. The van der Waals surface area contributed by atoms with Crippen LogP contribution in [0.25, 0.3) is 0 Å². The summed E-state index contributed by atoms with van der Waals surface area (Å²) in [4.78, 5) is 28.2. The average molecular weight is 556 g/mol. The highest BCUT2D eigenvalue weighted by Gasteiger charge is 2.84. The number of thiazole rings is 1. The molecular weight excluding hydrogens is 538 g/mol. The Bertz CT molecular complexity index is 1670. The van der Waals surface area contributed by atoms with Crippen LogP contribution in [0.15, 0.2) is 77.6 Å². The Morgan fingerprint density at radius 1 is 0.900 bits per heavy atom. The fourth-order valence-corrected chi connectivity index (χ4v) is 6.68. The van der Waals surface area contributed by atoms with E-state index in [9.17, 15) is 0 Å². The largest absolute Gasteiger partial charge is 0.446 e. The van der Waals surface area contributed by atoms with E-state index in [1.807, 2.05) is 23.6 Å².